The minimum Gasteiger partial charge on any atom is -0.475 e. The molecule has 2 bridgehead atoms. The third kappa shape index (κ3) is 8.64. The van der Waals surface area contributed by atoms with Gasteiger partial charge in [-0.3, -0.25) is 4.90 Å². The molecule has 0 aliphatic carbocycles. The Bertz CT molecular complexity index is 668. The molecule has 13 heteroatoms. The number of carboxylic acid groups (broad SMARTS) is 2. The van der Waals surface area contributed by atoms with Crippen molar-refractivity contribution < 1.29 is 50.5 Å². The normalized spacial score (nSPS) is 20.9. The number of carbonyl (C=O) groups is 2. The van der Waals surface area contributed by atoms with Gasteiger partial charge >= 0.3 is 24.3 Å². The van der Waals surface area contributed by atoms with Crippen LogP contribution in [0.2, 0.25) is 0 Å². The molecule has 0 amide bonds. The minimum atomic E-state index is -5.08. The molecule has 0 saturated carbocycles. The molecule has 2 heterocycles. The second-order valence-electron chi connectivity index (χ2n) is 6.16. The van der Waals surface area contributed by atoms with Crippen LogP contribution in [0.1, 0.15) is 12.0 Å². The summed E-state index contributed by atoms with van der Waals surface area (Å²) in [7, 11) is 0. The van der Waals surface area contributed by atoms with Gasteiger partial charge in [-0.1, -0.05) is 12.1 Å². The quantitative estimate of drug-likeness (QED) is 0.621. The van der Waals surface area contributed by atoms with E-state index < -0.39 is 24.3 Å². The monoisotopic (exact) mass is 434 g/mol. The zero-order chi connectivity index (χ0) is 22.4. The summed E-state index contributed by atoms with van der Waals surface area (Å²) in [4.78, 5) is 20.3. The van der Waals surface area contributed by atoms with Crippen molar-refractivity contribution in [3.8, 4) is 0 Å². The van der Waals surface area contributed by atoms with E-state index in [9.17, 15) is 30.7 Å². The van der Waals surface area contributed by atoms with E-state index >= 15 is 0 Å². The summed E-state index contributed by atoms with van der Waals surface area (Å²) in [5.41, 5.74) is 1.21. The van der Waals surface area contributed by atoms with E-state index in [0.717, 1.165) is 19.6 Å². The lowest BCUT2D eigenvalue weighted by atomic mass is 10.2. The molecule has 3 N–H and O–H groups in total. The summed E-state index contributed by atoms with van der Waals surface area (Å²) in [5, 5.41) is 17.7. The van der Waals surface area contributed by atoms with Crippen molar-refractivity contribution in [1.82, 2.24) is 10.2 Å². The number of piperazine rings is 1. The first-order valence-electron chi connectivity index (χ1n) is 8.02. The molecule has 29 heavy (non-hydrogen) atoms. The van der Waals surface area contributed by atoms with E-state index in [0.29, 0.717) is 12.1 Å². The van der Waals surface area contributed by atoms with Crippen molar-refractivity contribution >= 4 is 11.9 Å². The van der Waals surface area contributed by atoms with Crippen LogP contribution in [0.4, 0.5) is 30.7 Å². The summed E-state index contributed by atoms with van der Waals surface area (Å²) in [6.07, 6.45) is -8.89. The van der Waals surface area contributed by atoms with Gasteiger partial charge in [-0.05, 0) is 24.1 Å². The second kappa shape index (κ2) is 9.87. The van der Waals surface area contributed by atoms with Gasteiger partial charge in [-0.15, -0.1) is 0 Å². The fourth-order valence-corrected chi connectivity index (χ4v) is 2.67. The average molecular weight is 434 g/mol. The minimum absolute atomic E-state index is 0.150. The number of halogens is 7. The van der Waals surface area contributed by atoms with E-state index in [4.69, 9.17) is 19.8 Å². The predicted molar refractivity (Wildman–Crippen MR) is 84.4 cm³/mol. The summed E-state index contributed by atoms with van der Waals surface area (Å²) < 4.78 is 76.2. The molecular weight excluding hydrogens is 417 g/mol. The van der Waals surface area contributed by atoms with Crippen LogP contribution in [0, 0.1) is 5.82 Å². The molecule has 1 aromatic rings. The Hall–Kier alpha value is -2.41. The standard InChI is InChI=1S/C12H15FN2.2C2HF3O2/c13-10-3-1-9(2-4-10)7-15-8-11-5-12(15)6-14-11;2*3-2(4,5)1(6)7/h1-4,11-12,14H,5-8H2;2*(H,6,7). The van der Waals surface area contributed by atoms with Crippen molar-refractivity contribution in [3.05, 3.63) is 35.6 Å². The van der Waals surface area contributed by atoms with Crippen molar-refractivity contribution in [3.63, 3.8) is 0 Å². The number of aliphatic carboxylic acids is 2. The zero-order valence-corrected chi connectivity index (χ0v) is 14.6. The first-order chi connectivity index (χ1) is 13.2. The van der Waals surface area contributed by atoms with Gasteiger partial charge in [0.15, 0.2) is 0 Å². The van der Waals surface area contributed by atoms with Crippen molar-refractivity contribution in [1.29, 1.82) is 0 Å². The molecule has 3 rings (SSSR count). The topological polar surface area (TPSA) is 89.9 Å². The highest BCUT2D eigenvalue weighted by molar-refractivity contribution is 5.73. The highest BCUT2D eigenvalue weighted by Crippen LogP contribution is 2.24. The van der Waals surface area contributed by atoms with E-state index in [1.54, 1.807) is 12.1 Å². The number of nitrogens with one attached hydrogen (secondary N) is 1. The highest BCUT2D eigenvalue weighted by Gasteiger charge is 2.39. The number of benzene rings is 1. The molecule has 2 unspecified atom stereocenters. The van der Waals surface area contributed by atoms with Gasteiger partial charge in [0.05, 0.1) is 0 Å². The lowest BCUT2D eigenvalue weighted by Crippen LogP contribution is -2.42. The molecule has 1 aromatic carbocycles. The maximum Gasteiger partial charge on any atom is 0.490 e. The molecule has 2 aliphatic heterocycles. The summed E-state index contributed by atoms with van der Waals surface area (Å²) in [5.74, 6) is -5.66. The van der Waals surface area contributed by atoms with Gasteiger partial charge in [-0.25, -0.2) is 14.0 Å². The molecule has 164 valence electrons. The number of rotatable bonds is 2. The largest absolute Gasteiger partial charge is 0.490 e. The summed E-state index contributed by atoms with van der Waals surface area (Å²) >= 11 is 0. The molecule has 2 atom stereocenters. The fraction of sp³-hybridized carbons (Fsp3) is 0.500. The maximum absolute atomic E-state index is 12.7. The molecule has 2 aliphatic rings. The predicted octanol–water partition coefficient (Wildman–Crippen LogP) is 2.64. The van der Waals surface area contributed by atoms with Crippen LogP contribution in [0.15, 0.2) is 24.3 Å². The Labute approximate surface area is 159 Å². The van der Waals surface area contributed by atoms with Crippen LogP contribution >= 0.6 is 0 Å². The van der Waals surface area contributed by atoms with E-state index in [1.807, 2.05) is 12.1 Å². The molecule has 2 saturated heterocycles. The maximum atomic E-state index is 12.7. The number of carboxylic acids is 2. The summed E-state index contributed by atoms with van der Waals surface area (Å²) in [6.45, 7) is 3.22. The summed E-state index contributed by atoms with van der Waals surface area (Å²) in [6, 6.07) is 8.24. The molecular formula is C16H17F7N2O4. The lowest BCUT2D eigenvalue weighted by molar-refractivity contribution is -0.193. The number of nitrogens with zero attached hydrogens (tertiary/aromatic N) is 1. The van der Waals surface area contributed by atoms with Gasteiger partial charge in [-0.2, -0.15) is 26.3 Å². The Morgan fingerprint density at radius 2 is 1.45 bits per heavy atom. The average Bonchev–Trinajstić information content (AvgIpc) is 3.19. The number of fused-ring (bicyclic) bond motifs is 2. The van der Waals surface area contributed by atoms with Crippen molar-refractivity contribution in [2.45, 2.75) is 37.4 Å². The van der Waals surface area contributed by atoms with Crippen molar-refractivity contribution in [2.75, 3.05) is 13.1 Å². The molecule has 0 radical (unpaired) electrons. The second-order valence-corrected chi connectivity index (χ2v) is 6.16. The van der Waals surface area contributed by atoms with Gasteiger partial charge < -0.3 is 15.5 Å². The van der Waals surface area contributed by atoms with E-state index in [-0.39, 0.29) is 5.82 Å². The van der Waals surface area contributed by atoms with Gasteiger partial charge in [0.1, 0.15) is 5.82 Å². The van der Waals surface area contributed by atoms with E-state index in [1.165, 1.54) is 12.0 Å². The Morgan fingerprint density at radius 1 is 1.00 bits per heavy atom. The Kier molecular flexibility index (Phi) is 8.38. The van der Waals surface area contributed by atoms with Crippen LogP contribution in [-0.4, -0.2) is 64.6 Å². The smallest absolute Gasteiger partial charge is 0.475 e. The molecule has 2 fully saturated rings. The fourth-order valence-electron chi connectivity index (χ4n) is 2.67. The van der Waals surface area contributed by atoms with Gasteiger partial charge in [0.2, 0.25) is 0 Å². The molecule has 0 aromatic heterocycles. The number of hydrogen-bond acceptors (Lipinski definition) is 4. The van der Waals surface area contributed by atoms with Crippen LogP contribution in [-0.2, 0) is 16.1 Å². The lowest BCUT2D eigenvalue weighted by Gasteiger charge is -2.27. The SMILES string of the molecule is Fc1ccc(CN2CC3CC2CN3)cc1.O=C(O)C(F)(F)F.O=C(O)C(F)(F)F. The molecule has 6 nitrogen and oxygen atoms in total. The van der Waals surface area contributed by atoms with Gasteiger partial charge in [0.25, 0.3) is 0 Å². The van der Waals surface area contributed by atoms with Gasteiger partial charge in [0, 0.05) is 31.7 Å². The molecule has 0 spiro atoms. The van der Waals surface area contributed by atoms with Crippen molar-refractivity contribution in [2.24, 2.45) is 0 Å². The third-order valence-corrected chi connectivity index (χ3v) is 3.95. The number of hydrogen-bond donors (Lipinski definition) is 3. The zero-order valence-electron chi connectivity index (χ0n) is 14.6. The van der Waals surface area contributed by atoms with Crippen LogP contribution in [0.3, 0.4) is 0 Å². The van der Waals surface area contributed by atoms with Crippen LogP contribution < -0.4 is 5.32 Å². The number of alkyl halides is 6. The van der Waals surface area contributed by atoms with Crippen LogP contribution in [0.25, 0.3) is 0 Å². The third-order valence-electron chi connectivity index (χ3n) is 3.95. The Morgan fingerprint density at radius 3 is 1.76 bits per heavy atom. The first-order valence-corrected chi connectivity index (χ1v) is 8.02. The van der Waals surface area contributed by atoms with E-state index in [2.05, 4.69) is 10.2 Å². The number of likely N-dealkylation sites (tertiary alicyclic amines) is 1. The first kappa shape index (κ1) is 24.6. The Balaban J connectivity index is 0.000000255. The van der Waals surface area contributed by atoms with Crippen LogP contribution in [0.5, 0.6) is 0 Å². The highest BCUT2D eigenvalue weighted by atomic mass is 19.4.